The lowest BCUT2D eigenvalue weighted by molar-refractivity contribution is -0.125. The van der Waals surface area contributed by atoms with Crippen LogP contribution in [0.3, 0.4) is 0 Å². The Morgan fingerprint density at radius 1 is 1.43 bits per heavy atom. The van der Waals surface area contributed by atoms with Gasteiger partial charge in [-0.2, -0.15) is 0 Å². The maximum absolute atomic E-state index is 14.1. The van der Waals surface area contributed by atoms with E-state index in [0.29, 0.717) is 6.42 Å². The van der Waals surface area contributed by atoms with Gasteiger partial charge in [0.1, 0.15) is 23.2 Å². The molecule has 2 atom stereocenters. The van der Waals surface area contributed by atoms with E-state index in [1.165, 1.54) is 30.2 Å². The summed E-state index contributed by atoms with van der Waals surface area (Å²) in [6.45, 7) is 3.87. The Bertz CT molecular complexity index is 606. The smallest absolute Gasteiger partial charge is 0.261 e. The second kappa shape index (κ2) is 6.95. The molecule has 1 aromatic carbocycles. The van der Waals surface area contributed by atoms with Gasteiger partial charge in [0.2, 0.25) is 5.91 Å². The molecule has 3 N–H and O–H groups in total. The van der Waals surface area contributed by atoms with Crippen LogP contribution in [0.25, 0.3) is 0 Å². The van der Waals surface area contributed by atoms with Gasteiger partial charge in [0.15, 0.2) is 0 Å². The minimum absolute atomic E-state index is 0.0562. The van der Waals surface area contributed by atoms with Crippen molar-refractivity contribution in [3.8, 4) is 5.75 Å². The molecule has 0 aromatic heterocycles. The number of hydrogen-bond acceptors (Lipinski definition) is 4. The number of hydrogen-bond donors (Lipinski definition) is 2. The lowest BCUT2D eigenvalue weighted by Gasteiger charge is -2.25. The number of halogens is 1. The maximum Gasteiger partial charge on any atom is 0.261 e. The van der Waals surface area contributed by atoms with E-state index >= 15 is 0 Å². The average molecular weight is 323 g/mol. The normalized spacial score (nSPS) is 20.7. The molecule has 126 valence electrons. The molecule has 0 spiro atoms. The zero-order valence-corrected chi connectivity index (χ0v) is 13.5. The van der Waals surface area contributed by atoms with Crippen LogP contribution >= 0.6 is 0 Å². The SMILES string of the molecule is COc1cccc(F)c1C(=O)N1C[C@H](N)C[C@H]1C(=O)NC(C)C. The Morgan fingerprint density at radius 2 is 2.13 bits per heavy atom. The number of amides is 2. The number of methoxy groups -OCH3 is 1. The quantitative estimate of drug-likeness (QED) is 0.862. The van der Waals surface area contributed by atoms with Crippen molar-refractivity contribution >= 4 is 11.8 Å². The fourth-order valence-corrected chi connectivity index (χ4v) is 2.75. The number of carbonyl (C=O) groups excluding carboxylic acids is 2. The highest BCUT2D eigenvalue weighted by molar-refractivity contribution is 6.00. The molecule has 1 aliphatic rings. The van der Waals surface area contributed by atoms with Crippen LogP contribution in [0, 0.1) is 5.82 Å². The van der Waals surface area contributed by atoms with Crippen molar-refractivity contribution in [1.29, 1.82) is 0 Å². The van der Waals surface area contributed by atoms with Crippen LogP contribution in [0.15, 0.2) is 18.2 Å². The minimum atomic E-state index is -0.704. The summed E-state index contributed by atoms with van der Waals surface area (Å²) >= 11 is 0. The van der Waals surface area contributed by atoms with Gasteiger partial charge in [-0.05, 0) is 32.4 Å². The molecule has 0 aliphatic carbocycles. The van der Waals surface area contributed by atoms with Crippen molar-refractivity contribution in [1.82, 2.24) is 10.2 Å². The summed E-state index contributed by atoms with van der Waals surface area (Å²) in [6, 6.07) is 3.08. The summed E-state index contributed by atoms with van der Waals surface area (Å²) in [5.41, 5.74) is 5.74. The number of nitrogens with two attached hydrogens (primary N) is 1. The highest BCUT2D eigenvalue weighted by Crippen LogP contribution is 2.27. The van der Waals surface area contributed by atoms with Crippen molar-refractivity contribution in [3.05, 3.63) is 29.6 Å². The van der Waals surface area contributed by atoms with Crippen molar-refractivity contribution in [2.24, 2.45) is 5.73 Å². The third kappa shape index (κ3) is 3.61. The van der Waals surface area contributed by atoms with E-state index in [9.17, 15) is 14.0 Å². The van der Waals surface area contributed by atoms with Crippen LogP contribution in [-0.4, -0.2) is 48.5 Å². The molecular formula is C16H22FN3O3. The summed E-state index contributed by atoms with van der Waals surface area (Å²) in [4.78, 5) is 26.4. The van der Waals surface area contributed by atoms with Crippen molar-refractivity contribution < 1.29 is 18.7 Å². The number of rotatable bonds is 4. The Hall–Kier alpha value is -2.15. The third-order valence-corrected chi connectivity index (χ3v) is 3.74. The van der Waals surface area contributed by atoms with E-state index in [2.05, 4.69) is 5.32 Å². The van der Waals surface area contributed by atoms with Crippen molar-refractivity contribution in [2.75, 3.05) is 13.7 Å². The predicted molar refractivity (Wildman–Crippen MR) is 83.6 cm³/mol. The van der Waals surface area contributed by atoms with Gasteiger partial charge < -0.3 is 20.7 Å². The first-order valence-corrected chi connectivity index (χ1v) is 7.54. The van der Waals surface area contributed by atoms with E-state index in [4.69, 9.17) is 10.5 Å². The highest BCUT2D eigenvalue weighted by atomic mass is 19.1. The Morgan fingerprint density at radius 3 is 2.74 bits per heavy atom. The fraction of sp³-hybridized carbons (Fsp3) is 0.500. The van der Waals surface area contributed by atoms with E-state index in [1.807, 2.05) is 13.8 Å². The van der Waals surface area contributed by atoms with Crippen LogP contribution in [0.1, 0.15) is 30.6 Å². The van der Waals surface area contributed by atoms with Gasteiger partial charge in [-0.1, -0.05) is 6.07 Å². The zero-order chi connectivity index (χ0) is 17.1. The first-order chi connectivity index (χ1) is 10.8. The fourth-order valence-electron chi connectivity index (χ4n) is 2.75. The number of nitrogens with one attached hydrogen (secondary N) is 1. The highest BCUT2D eigenvalue weighted by Gasteiger charge is 2.40. The Balaban J connectivity index is 2.32. The van der Waals surface area contributed by atoms with Crippen LogP contribution in [0.2, 0.25) is 0 Å². The summed E-state index contributed by atoms with van der Waals surface area (Å²) in [5, 5.41) is 2.77. The molecule has 2 amide bonds. The number of nitrogens with zero attached hydrogens (tertiary/aromatic N) is 1. The predicted octanol–water partition coefficient (Wildman–Crippen LogP) is 0.901. The zero-order valence-electron chi connectivity index (χ0n) is 13.5. The topological polar surface area (TPSA) is 84.7 Å². The maximum atomic E-state index is 14.1. The second-order valence-corrected chi connectivity index (χ2v) is 5.95. The molecule has 0 radical (unpaired) electrons. The number of benzene rings is 1. The van der Waals surface area contributed by atoms with Crippen molar-refractivity contribution in [3.63, 3.8) is 0 Å². The van der Waals surface area contributed by atoms with Gasteiger partial charge >= 0.3 is 0 Å². The molecule has 23 heavy (non-hydrogen) atoms. The van der Waals surface area contributed by atoms with Crippen LogP contribution < -0.4 is 15.8 Å². The lowest BCUT2D eigenvalue weighted by Crippen LogP contribution is -2.47. The van der Waals surface area contributed by atoms with E-state index in [1.54, 1.807) is 0 Å². The largest absolute Gasteiger partial charge is 0.496 e. The molecule has 0 saturated carbocycles. The summed E-state index contributed by atoms with van der Waals surface area (Å²) in [5.74, 6) is -1.41. The Labute approximate surface area is 134 Å². The molecule has 0 bridgehead atoms. The second-order valence-electron chi connectivity index (χ2n) is 5.95. The summed E-state index contributed by atoms with van der Waals surface area (Å²) < 4.78 is 19.2. The summed E-state index contributed by atoms with van der Waals surface area (Å²) in [6.07, 6.45) is 0.348. The molecule has 6 nitrogen and oxygen atoms in total. The van der Waals surface area contributed by atoms with Gasteiger partial charge in [0.05, 0.1) is 7.11 Å². The van der Waals surface area contributed by atoms with E-state index in [0.717, 1.165) is 0 Å². The molecule has 1 saturated heterocycles. The lowest BCUT2D eigenvalue weighted by atomic mass is 10.1. The van der Waals surface area contributed by atoms with Gasteiger partial charge in [-0.25, -0.2) is 4.39 Å². The molecule has 0 unspecified atom stereocenters. The standard InChI is InChI=1S/C16H22FN3O3/c1-9(2)19-15(21)12-7-10(18)8-20(12)16(22)14-11(17)5-4-6-13(14)23-3/h4-6,9-10,12H,7-8,18H2,1-3H3,(H,19,21)/t10-,12+/m1/s1. The third-order valence-electron chi connectivity index (χ3n) is 3.74. The molecular weight excluding hydrogens is 301 g/mol. The van der Waals surface area contributed by atoms with Gasteiger partial charge in [-0.3, -0.25) is 9.59 Å². The molecule has 2 rings (SSSR count). The number of ether oxygens (including phenoxy) is 1. The minimum Gasteiger partial charge on any atom is -0.496 e. The number of likely N-dealkylation sites (tertiary alicyclic amines) is 1. The van der Waals surface area contributed by atoms with Crippen LogP contribution in [0.5, 0.6) is 5.75 Å². The van der Waals surface area contributed by atoms with E-state index < -0.39 is 17.8 Å². The van der Waals surface area contributed by atoms with Crippen LogP contribution in [-0.2, 0) is 4.79 Å². The van der Waals surface area contributed by atoms with Gasteiger partial charge in [0.25, 0.3) is 5.91 Å². The molecule has 1 aromatic rings. The van der Waals surface area contributed by atoms with E-state index in [-0.39, 0.29) is 35.8 Å². The summed E-state index contributed by atoms with van der Waals surface area (Å²) in [7, 11) is 1.37. The molecule has 7 heteroatoms. The van der Waals surface area contributed by atoms with Gasteiger partial charge in [-0.15, -0.1) is 0 Å². The Kier molecular flexibility index (Phi) is 5.20. The monoisotopic (exact) mass is 323 g/mol. The molecule has 1 aliphatic heterocycles. The molecule has 1 heterocycles. The first kappa shape index (κ1) is 17.2. The van der Waals surface area contributed by atoms with Gasteiger partial charge in [0, 0.05) is 18.6 Å². The molecule has 1 fully saturated rings. The number of carbonyl (C=O) groups is 2. The van der Waals surface area contributed by atoms with Crippen LogP contribution in [0.4, 0.5) is 4.39 Å². The average Bonchev–Trinajstić information content (AvgIpc) is 2.87. The first-order valence-electron chi connectivity index (χ1n) is 7.54. The van der Waals surface area contributed by atoms with Crippen molar-refractivity contribution in [2.45, 2.75) is 38.4 Å².